The Morgan fingerprint density at radius 1 is 1.30 bits per heavy atom. The predicted molar refractivity (Wildman–Crippen MR) is 43.7 cm³/mol. The Balaban J connectivity index is 2.11. The predicted octanol–water partition coefficient (Wildman–Crippen LogP) is 2.84. The van der Waals surface area contributed by atoms with Gasteiger partial charge in [0.2, 0.25) is 0 Å². The molecule has 0 amide bonds. The fraction of sp³-hybridized carbons (Fsp3) is 0.400. The van der Waals surface area contributed by atoms with Crippen molar-refractivity contribution in [2.75, 3.05) is 0 Å². The summed E-state index contributed by atoms with van der Waals surface area (Å²) in [5, 5.41) is 0. The van der Waals surface area contributed by atoms with Gasteiger partial charge in [-0.15, -0.1) is 0 Å². The molecule has 52 valence electrons. The minimum atomic E-state index is 0.907. The zero-order valence-electron chi connectivity index (χ0n) is 6.14. The average molecular weight is 132 g/mol. The third kappa shape index (κ3) is 1.06. The number of allylic oxidation sites excluding steroid dienone is 5. The SMILES string of the molecule is C=C1C=CC(C2CC2)=CC1. The zero-order valence-corrected chi connectivity index (χ0v) is 6.14. The van der Waals surface area contributed by atoms with Gasteiger partial charge in [0.05, 0.1) is 0 Å². The van der Waals surface area contributed by atoms with Crippen molar-refractivity contribution in [1.82, 2.24) is 0 Å². The molecule has 0 aromatic heterocycles. The summed E-state index contributed by atoms with van der Waals surface area (Å²) < 4.78 is 0. The van der Waals surface area contributed by atoms with Gasteiger partial charge in [-0.25, -0.2) is 0 Å². The first kappa shape index (κ1) is 5.96. The monoisotopic (exact) mass is 132 g/mol. The number of hydrogen-bond acceptors (Lipinski definition) is 0. The van der Waals surface area contributed by atoms with Crippen molar-refractivity contribution >= 4 is 0 Å². The molecule has 0 unspecified atom stereocenters. The lowest BCUT2D eigenvalue weighted by molar-refractivity contribution is 1.02. The summed E-state index contributed by atoms with van der Waals surface area (Å²) in [7, 11) is 0. The van der Waals surface area contributed by atoms with Crippen LogP contribution in [0.3, 0.4) is 0 Å². The molecular weight excluding hydrogens is 120 g/mol. The molecule has 0 N–H and O–H groups in total. The summed E-state index contributed by atoms with van der Waals surface area (Å²) in [6, 6.07) is 0. The van der Waals surface area contributed by atoms with Crippen molar-refractivity contribution in [2.45, 2.75) is 19.3 Å². The van der Waals surface area contributed by atoms with E-state index in [4.69, 9.17) is 0 Å². The summed E-state index contributed by atoms with van der Waals surface area (Å²) in [6.45, 7) is 3.90. The van der Waals surface area contributed by atoms with E-state index in [1.54, 1.807) is 5.57 Å². The second-order valence-electron chi connectivity index (χ2n) is 3.17. The quantitative estimate of drug-likeness (QED) is 0.514. The van der Waals surface area contributed by atoms with Crippen LogP contribution in [-0.2, 0) is 0 Å². The van der Waals surface area contributed by atoms with Crippen molar-refractivity contribution in [1.29, 1.82) is 0 Å². The van der Waals surface area contributed by atoms with E-state index in [0.717, 1.165) is 12.3 Å². The molecule has 0 heteroatoms. The van der Waals surface area contributed by atoms with Gasteiger partial charge < -0.3 is 0 Å². The molecule has 0 heterocycles. The average Bonchev–Trinajstić information content (AvgIpc) is 2.71. The minimum absolute atomic E-state index is 0.907. The van der Waals surface area contributed by atoms with Crippen LogP contribution in [0.15, 0.2) is 36.0 Å². The molecule has 2 aliphatic carbocycles. The van der Waals surface area contributed by atoms with E-state index in [1.165, 1.54) is 18.4 Å². The van der Waals surface area contributed by atoms with E-state index in [1.807, 2.05) is 0 Å². The number of rotatable bonds is 1. The molecule has 2 aliphatic rings. The Morgan fingerprint density at radius 3 is 2.60 bits per heavy atom. The molecular formula is C10H12. The fourth-order valence-corrected chi connectivity index (χ4v) is 1.32. The molecule has 0 spiro atoms. The molecule has 1 fully saturated rings. The highest BCUT2D eigenvalue weighted by Crippen LogP contribution is 2.38. The second-order valence-corrected chi connectivity index (χ2v) is 3.17. The van der Waals surface area contributed by atoms with E-state index in [-0.39, 0.29) is 0 Å². The van der Waals surface area contributed by atoms with Crippen molar-refractivity contribution in [2.24, 2.45) is 5.92 Å². The topological polar surface area (TPSA) is 0 Å². The molecule has 0 aromatic carbocycles. The van der Waals surface area contributed by atoms with Gasteiger partial charge in [0.15, 0.2) is 0 Å². The second kappa shape index (κ2) is 2.12. The lowest BCUT2D eigenvalue weighted by Gasteiger charge is -2.05. The Bertz CT molecular complexity index is 214. The van der Waals surface area contributed by atoms with Gasteiger partial charge in [-0.05, 0) is 30.8 Å². The first-order chi connectivity index (χ1) is 4.86. The first-order valence-electron chi connectivity index (χ1n) is 3.92. The molecule has 0 saturated heterocycles. The molecule has 10 heavy (non-hydrogen) atoms. The Morgan fingerprint density at radius 2 is 2.10 bits per heavy atom. The molecule has 2 rings (SSSR count). The highest BCUT2D eigenvalue weighted by molar-refractivity contribution is 5.36. The van der Waals surface area contributed by atoms with Crippen molar-refractivity contribution in [3.8, 4) is 0 Å². The Labute approximate surface area is 61.9 Å². The van der Waals surface area contributed by atoms with Crippen molar-refractivity contribution < 1.29 is 0 Å². The fourth-order valence-electron chi connectivity index (χ4n) is 1.32. The van der Waals surface area contributed by atoms with Crippen LogP contribution in [-0.4, -0.2) is 0 Å². The molecule has 0 aliphatic heterocycles. The van der Waals surface area contributed by atoms with Gasteiger partial charge in [-0.3, -0.25) is 0 Å². The Kier molecular flexibility index (Phi) is 1.26. The maximum atomic E-state index is 3.90. The van der Waals surface area contributed by atoms with Crippen LogP contribution in [0.5, 0.6) is 0 Å². The van der Waals surface area contributed by atoms with Crippen LogP contribution >= 0.6 is 0 Å². The minimum Gasteiger partial charge on any atom is -0.0955 e. The van der Waals surface area contributed by atoms with Gasteiger partial charge >= 0.3 is 0 Å². The molecule has 0 nitrogen and oxygen atoms in total. The van der Waals surface area contributed by atoms with E-state index < -0.39 is 0 Å². The zero-order chi connectivity index (χ0) is 6.97. The van der Waals surface area contributed by atoms with E-state index >= 15 is 0 Å². The number of hydrogen-bond donors (Lipinski definition) is 0. The maximum absolute atomic E-state index is 3.90. The smallest absolute Gasteiger partial charge is 0.00974 e. The summed E-state index contributed by atoms with van der Waals surface area (Å²) in [4.78, 5) is 0. The first-order valence-corrected chi connectivity index (χ1v) is 3.92. The third-order valence-corrected chi connectivity index (χ3v) is 2.16. The summed E-state index contributed by atoms with van der Waals surface area (Å²) in [5.41, 5.74) is 2.79. The summed E-state index contributed by atoms with van der Waals surface area (Å²) in [5.74, 6) is 0.907. The highest BCUT2D eigenvalue weighted by Gasteiger charge is 2.24. The van der Waals surface area contributed by atoms with E-state index in [9.17, 15) is 0 Å². The van der Waals surface area contributed by atoms with Crippen LogP contribution < -0.4 is 0 Å². The van der Waals surface area contributed by atoms with Crippen molar-refractivity contribution in [3.63, 3.8) is 0 Å². The highest BCUT2D eigenvalue weighted by atomic mass is 14.3. The Hall–Kier alpha value is -0.780. The molecule has 0 bridgehead atoms. The molecule has 1 saturated carbocycles. The van der Waals surface area contributed by atoms with Gasteiger partial charge in [0, 0.05) is 0 Å². The lowest BCUT2D eigenvalue weighted by Crippen LogP contribution is -1.87. The molecule has 0 atom stereocenters. The normalized spacial score (nSPS) is 24.8. The van der Waals surface area contributed by atoms with Crippen LogP contribution in [0.25, 0.3) is 0 Å². The van der Waals surface area contributed by atoms with E-state index in [2.05, 4.69) is 24.8 Å². The molecule has 0 radical (unpaired) electrons. The summed E-state index contributed by atoms with van der Waals surface area (Å²) in [6.07, 6.45) is 10.6. The van der Waals surface area contributed by atoms with Crippen LogP contribution in [0.2, 0.25) is 0 Å². The van der Waals surface area contributed by atoms with E-state index in [0.29, 0.717) is 0 Å². The van der Waals surface area contributed by atoms with Crippen LogP contribution in [0.4, 0.5) is 0 Å². The van der Waals surface area contributed by atoms with Crippen LogP contribution in [0, 0.1) is 5.92 Å². The third-order valence-electron chi connectivity index (χ3n) is 2.16. The maximum Gasteiger partial charge on any atom is -0.00974 e. The van der Waals surface area contributed by atoms with Gasteiger partial charge in [-0.2, -0.15) is 0 Å². The molecule has 0 aromatic rings. The van der Waals surface area contributed by atoms with Gasteiger partial charge in [0.1, 0.15) is 0 Å². The summed E-state index contributed by atoms with van der Waals surface area (Å²) >= 11 is 0. The van der Waals surface area contributed by atoms with Gasteiger partial charge in [-0.1, -0.05) is 30.4 Å². The largest absolute Gasteiger partial charge is 0.0955 e. The van der Waals surface area contributed by atoms with Gasteiger partial charge in [0.25, 0.3) is 0 Å². The standard InChI is InChI=1S/C10H12/c1-8-2-4-9(5-3-8)10-6-7-10/h2,4-5,10H,1,3,6-7H2. The lowest BCUT2D eigenvalue weighted by atomic mass is 10.0. The van der Waals surface area contributed by atoms with Crippen LogP contribution in [0.1, 0.15) is 19.3 Å². The van der Waals surface area contributed by atoms with Crippen molar-refractivity contribution in [3.05, 3.63) is 36.0 Å².